The standard InChI is InChI=1S/C25H29BrF2N6O5/c1-24(2,3)38-20(35)10-15(30-23(36)39-25(4,5)6)13-34-32-21(31-33-34)17-8-7-16(11-18(17)27)37-22-19(28)9-14(26)12-29-22/h7-9,11-12,15H,10,13H2,1-6H3,(H,30,36)/t15-/m0/s1. The molecular weight excluding hydrogens is 582 g/mol. The van der Waals surface area contributed by atoms with Gasteiger partial charge in [-0.1, -0.05) is 0 Å². The summed E-state index contributed by atoms with van der Waals surface area (Å²) in [4.78, 5) is 29.7. The van der Waals surface area contributed by atoms with Crippen molar-refractivity contribution in [2.45, 2.75) is 71.8 Å². The summed E-state index contributed by atoms with van der Waals surface area (Å²) < 4.78 is 45.3. The van der Waals surface area contributed by atoms with Gasteiger partial charge in [0.2, 0.25) is 5.82 Å². The quantitative estimate of drug-likeness (QED) is 0.342. The van der Waals surface area contributed by atoms with Gasteiger partial charge in [-0.15, -0.1) is 10.2 Å². The Bertz CT molecular complexity index is 1310. The molecule has 210 valence electrons. The molecule has 0 spiro atoms. The fourth-order valence-electron chi connectivity index (χ4n) is 3.17. The van der Waals surface area contributed by atoms with E-state index in [-0.39, 0.29) is 36.0 Å². The minimum atomic E-state index is -0.814. The number of benzene rings is 1. The van der Waals surface area contributed by atoms with Crippen molar-refractivity contribution < 1.29 is 32.6 Å². The molecule has 1 aromatic carbocycles. The Hall–Kier alpha value is -3.68. The number of tetrazole rings is 1. The number of hydrogen-bond donors (Lipinski definition) is 1. The molecular formula is C25H29BrF2N6O5. The molecule has 39 heavy (non-hydrogen) atoms. The van der Waals surface area contributed by atoms with E-state index in [1.165, 1.54) is 24.4 Å². The molecule has 2 heterocycles. The molecule has 0 aliphatic rings. The minimum absolute atomic E-state index is 0.00151. The fourth-order valence-corrected chi connectivity index (χ4v) is 3.48. The molecule has 0 aliphatic carbocycles. The third-order valence-corrected chi connectivity index (χ3v) is 4.99. The molecule has 14 heteroatoms. The number of hydrogen-bond acceptors (Lipinski definition) is 9. The van der Waals surface area contributed by atoms with Crippen LogP contribution < -0.4 is 10.1 Å². The highest BCUT2D eigenvalue weighted by Crippen LogP contribution is 2.28. The van der Waals surface area contributed by atoms with Crippen LogP contribution in [0.2, 0.25) is 0 Å². The number of alkyl carbamates (subject to hydrolysis) is 1. The Morgan fingerprint density at radius 2 is 1.74 bits per heavy atom. The molecule has 0 saturated carbocycles. The van der Waals surface area contributed by atoms with Crippen molar-refractivity contribution in [1.82, 2.24) is 30.5 Å². The van der Waals surface area contributed by atoms with E-state index in [0.29, 0.717) is 4.47 Å². The maximum absolute atomic E-state index is 14.9. The van der Waals surface area contributed by atoms with E-state index < -0.39 is 40.9 Å². The molecule has 1 atom stereocenters. The largest absolute Gasteiger partial charge is 0.460 e. The average molecular weight is 611 g/mol. The van der Waals surface area contributed by atoms with Crippen LogP contribution in [-0.2, 0) is 20.8 Å². The first-order valence-electron chi connectivity index (χ1n) is 11.9. The zero-order valence-electron chi connectivity index (χ0n) is 22.3. The van der Waals surface area contributed by atoms with Crippen molar-refractivity contribution >= 4 is 28.0 Å². The summed E-state index contributed by atoms with van der Waals surface area (Å²) in [6.07, 6.45) is 0.405. The molecule has 1 amide bonds. The zero-order valence-corrected chi connectivity index (χ0v) is 23.9. The number of rotatable bonds is 8. The maximum Gasteiger partial charge on any atom is 0.407 e. The number of carbonyl (C=O) groups is 2. The summed E-state index contributed by atoms with van der Waals surface area (Å²) in [5, 5.41) is 14.6. The number of carbonyl (C=O) groups excluding carboxylic acids is 2. The first-order chi connectivity index (χ1) is 18.1. The lowest BCUT2D eigenvalue weighted by molar-refractivity contribution is -0.155. The van der Waals surface area contributed by atoms with E-state index in [9.17, 15) is 18.4 Å². The third-order valence-electron chi connectivity index (χ3n) is 4.56. The Labute approximate surface area is 232 Å². The van der Waals surface area contributed by atoms with E-state index in [2.05, 4.69) is 41.6 Å². The summed E-state index contributed by atoms with van der Waals surface area (Å²) in [5.41, 5.74) is -1.48. The van der Waals surface area contributed by atoms with Crippen LogP contribution in [0.5, 0.6) is 11.6 Å². The maximum atomic E-state index is 14.9. The summed E-state index contributed by atoms with van der Waals surface area (Å²) in [7, 11) is 0. The first kappa shape index (κ1) is 29.9. The predicted molar refractivity (Wildman–Crippen MR) is 139 cm³/mol. The lowest BCUT2D eigenvalue weighted by atomic mass is 10.1. The fraction of sp³-hybridized carbons (Fsp3) is 0.440. The van der Waals surface area contributed by atoms with Crippen molar-refractivity contribution in [2.75, 3.05) is 0 Å². The van der Waals surface area contributed by atoms with Crippen LogP contribution in [0.15, 0.2) is 34.9 Å². The Balaban J connectivity index is 1.75. The lowest BCUT2D eigenvalue weighted by Crippen LogP contribution is -2.43. The van der Waals surface area contributed by atoms with Gasteiger partial charge in [-0.3, -0.25) is 4.79 Å². The molecule has 0 bridgehead atoms. The van der Waals surface area contributed by atoms with Crippen LogP contribution in [0.3, 0.4) is 0 Å². The summed E-state index contributed by atoms with van der Waals surface area (Å²) in [6, 6.07) is 4.14. The van der Waals surface area contributed by atoms with Crippen molar-refractivity contribution in [3.63, 3.8) is 0 Å². The molecule has 0 fully saturated rings. The van der Waals surface area contributed by atoms with Gasteiger partial charge in [0.1, 0.15) is 22.8 Å². The SMILES string of the molecule is CC(C)(C)OC(=O)C[C@@H](Cn1nnc(-c2ccc(Oc3ncc(Br)cc3F)cc2F)n1)NC(=O)OC(C)(C)C. The second-order valence-corrected chi connectivity index (χ2v) is 11.4. The van der Waals surface area contributed by atoms with E-state index >= 15 is 0 Å². The normalized spacial score (nSPS) is 12.5. The summed E-state index contributed by atoms with van der Waals surface area (Å²) >= 11 is 3.10. The second-order valence-electron chi connectivity index (χ2n) is 10.5. The molecule has 0 unspecified atom stereocenters. The highest BCUT2D eigenvalue weighted by molar-refractivity contribution is 9.10. The van der Waals surface area contributed by atoms with E-state index in [1.807, 2.05) is 0 Å². The first-order valence-corrected chi connectivity index (χ1v) is 12.7. The molecule has 1 N–H and O–H groups in total. The van der Waals surface area contributed by atoms with E-state index in [4.69, 9.17) is 14.2 Å². The Morgan fingerprint density at radius 1 is 1.05 bits per heavy atom. The smallest absolute Gasteiger partial charge is 0.407 e. The number of esters is 1. The second kappa shape index (κ2) is 12.0. The highest BCUT2D eigenvalue weighted by Gasteiger charge is 2.26. The van der Waals surface area contributed by atoms with Gasteiger partial charge in [-0.25, -0.2) is 18.6 Å². The average Bonchev–Trinajstić information content (AvgIpc) is 3.21. The molecule has 0 saturated heterocycles. The molecule has 0 aliphatic heterocycles. The molecule has 3 aromatic rings. The van der Waals surface area contributed by atoms with Gasteiger partial charge in [0.05, 0.1) is 24.6 Å². The Kier molecular flexibility index (Phi) is 9.20. The van der Waals surface area contributed by atoms with Crippen LogP contribution in [0.4, 0.5) is 13.6 Å². The van der Waals surface area contributed by atoms with Crippen LogP contribution in [0.25, 0.3) is 11.4 Å². The van der Waals surface area contributed by atoms with E-state index in [1.54, 1.807) is 41.5 Å². The number of pyridine rings is 1. The minimum Gasteiger partial charge on any atom is -0.460 e. The predicted octanol–water partition coefficient (Wildman–Crippen LogP) is 5.19. The number of nitrogens with zero attached hydrogens (tertiary/aromatic N) is 5. The van der Waals surface area contributed by atoms with Gasteiger partial charge < -0.3 is 19.5 Å². The summed E-state index contributed by atoms with van der Waals surface area (Å²) in [6.45, 7) is 10.2. The van der Waals surface area contributed by atoms with Crippen LogP contribution in [-0.4, -0.2) is 54.5 Å². The zero-order chi connectivity index (χ0) is 29.0. The molecule has 3 rings (SSSR count). The number of ether oxygens (including phenoxy) is 3. The monoisotopic (exact) mass is 610 g/mol. The number of aromatic nitrogens is 5. The Morgan fingerprint density at radius 3 is 2.36 bits per heavy atom. The third kappa shape index (κ3) is 9.53. The number of halogens is 3. The van der Waals surface area contributed by atoms with Gasteiger partial charge in [0.25, 0.3) is 5.88 Å². The molecule has 0 radical (unpaired) electrons. The van der Waals surface area contributed by atoms with Crippen LogP contribution in [0, 0.1) is 11.6 Å². The van der Waals surface area contributed by atoms with Crippen molar-refractivity contribution in [1.29, 1.82) is 0 Å². The summed E-state index contributed by atoms with van der Waals surface area (Å²) in [5.74, 6) is -2.39. The van der Waals surface area contributed by atoms with Gasteiger partial charge >= 0.3 is 12.1 Å². The van der Waals surface area contributed by atoms with E-state index in [0.717, 1.165) is 10.9 Å². The number of nitrogens with one attached hydrogen (secondary N) is 1. The molecule has 11 nitrogen and oxygen atoms in total. The van der Waals surface area contributed by atoms with Crippen LogP contribution in [0.1, 0.15) is 48.0 Å². The van der Waals surface area contributed by atoms with Crippen molar-refractivity contribution in [2.24, 2.45) is 0 Å². The van der Waals surface area contributed by atoms with Crippen molar-refractivity contribution in [3.8, 4) is 23.0 Å². The van der Waals surface area contributed by atoms with Crippen molar-refractivity contribution in [3.05, 3.63) is 46.6 Å². The van der Waals surface area contributed by atoms with Gasteiger partial charge in [-0.05, 0) is 80.9 Å². The lowest BCUT2D eigenvalue weighted by Gasteiger charge is -2.24. The highest BCUT2D eigenvalue weighted by atomic mass is 79.9. The van der Waals surface area contributed by atoms with Gasteiger partial charge in [0, 0.05) is 16.7 Å². The topological polar surface area (TPSA) is 130 Å². The van der Waals surface area contributed by atoms with Gasteiger partial charge in [0.15, 0.2) is 5.82 Å². The number of amides is 1. The van der Waals surface area contributed by atoms with Gasteiger partial charge in [-0.2, -0.15) is 4.80 Å². The van der Waals surface area contributed by atoms with Crippen LogP contribution >= 0.6 is 15.9 Å². The molecule has 2 aromatic heterocycles.